The lowest BCUT2D eigenvalue weighted by Gasteiger charge is -2.36. The van der Waals surface area contributed by atoms with Gasteiger partial charge in [-0.1, -0.05) is 24.3 Å². The van der Waals surface area contributed by atoms with Gasteiger partial charge in [0.05, 0.1) is 5.69 Å². The smallest absolute Gasteiger partial charge is 0.316 e. The standard InChI is InChI=1S/C19H15F4NO3/c20-13-5-2-6-14(16(13)21)24-8-7-12(15(18(24)25)19(26)27)10-3-1-4-11(9-10)17(22)23/h1-6,9,12,15,17H,7-8H2,(H,26,27). The van der Waals surface area contributed by atoms with Gasteiger partial charge in [-0.2, -0.15) is 0 Å². The largest absolute Gasteiger partial charge is 0.481 e. The van der Waals surface area contributed by atoms with Crippen molar-refractivity contribution in [2.24, 2.45) is 5.92 Å². The van der Waals surface area contributed by atoms with E-state index in [-0.39, 0.29) is 24.2 Å². The second-order valence-corrected chi connectivity index (χ2v) is 6.24. The van der Waals surface area contributed by atoms with Gasteiger partial charge in [-0.25, -0.2) is 17.6 Å². The number of piperidine rings is 1. The van der Waals surface area contributed by atoms with Crippen LogP contribution in [0.3, 0.4) is 0 Å². The fraction of sp³-hybridized carbons (Fsp3) is 0.263. The van der Waals surface area contributed by atoms with Crippen LogP contribution in [-0.4, -0.2) is 23.5 Å². The number of hydrogen-bond acceptors (Lipinski definition) is 2. The molecule has 1 aliphatic heterocycles. The normalized spacial score (nSPS) is 20.2. The van der Waals surface area contributed by atoms with E-state index in [4.69, 9.17) is 0 Å². The Bertz CT molecular complexity index is 887. The Kier molecular flexibility index (Phi) is 5.16. The second kappa shape index (κ2) is 7.38. The van der Waals surface area contributed by atoms with E-state index in [0.717, 1.165) is 11.0 Å². The maximum atomic E-state index is 14.0. The predicted molar refractivity (Wildman–Crippen MR) is 88.6 cm³/mol. The zero-order valence-electron chi connectivity index (χ0n) is 13.9. The predicted octanol–water partition coefficient (Wildman–Crippen LogP) is 4.12. The number of anilines is 1. The van der Waals surface area contributed by atoms with Gasteiger partial charge in [0, 0.05) is 18.0 Å². The monoisotopic (exact) mass is 381 g/mol. The molecule has 2 atom stereocenters. The van der Waals surface area contributed by atoms with Crippen LogP contribution in [0.15, 0.2) is 42.5 Å². The summed E-state index contributed by atoms with van der Waals surface area (Å²) in [5.41, 5.74) is -0.318. The fourth-order valence-electron chi connectivity index (χ4n) is 3.39. The molecule has 2 unspecified atom stereocenters. The van der Waals surface area contributed by atoms with Crippen LogP contribution in [0.2, 0.25) is 0 Å². The average molecular weight is 381 g/mol. The van der Waals surface area contributed by atoms with E-state index in [1.165, 1.54) is 36.4 Å². The van der Waals surface area contributed by atoms with Crippen molar-refractivity contribution in [3.63, 3.8) is 0 Å². The molecular weight excluding hydrogens is 366 g/mol. The quantitative estimate of drug-likeness (QED) is 0.640. The van der Waals surface area contributed by atoms with Crippen molar-refractivity contribution in [2.75, 3.05) is 11.4 Å². The summed E-state index contributed by atoms with van der Waals surface area (Å²) in [5, 5.41) is 9.54. The molecular formula is C19H15F4NO3. The Morgan fingerprint density at radius 1 is 1.15 bits per heavy atom. The van der Waals surface area contributed by atoms with Gasteiger partial charge in [0.25, 0.3) is 6.43 Å². The lowest BCUT2D eigenvalue weighted by Crippen LogP contribution is -2.48. The maximum absolute atomic E-state index is 14.0. The first-order valence-electron chi connectivity index (χ1n) is 8.17. The molecule has 1 N–H and O–H groups in total. The van der Waals surface area contributed by atoms with Crippen molar-refractivity contribution >= 4 is 17.6 Å². The van der Waals surface area contributed by atoms with Crippen molar-refractivity contribution in [1.82, 2.24) is 0 Å². The number of alkyl halides is 2. The summed E-state index contributed by atoms with van der Waals surface area (Å²) in [7, 11) is 0. The Morgan fingerprint density at radius 3 is 2.52 bits per heavy atom. The van der Waals surface area contributed by atoms with E-state index in [0.29, 0.717) is 5.56 Å². The van der Waals surface area contributed by atoms with Crippen molar-refractivity contribution < 1.29 is 32.3 Å². The Morgan fingerprint density at radius 2 is 1.85 bits per heavy atom. The van der Waals surface area contributed by atoms with Crippen LogP contribution in [0.5, 0.6) is 0 Å². The highest BCUT2D eigenvalue weighted by Gasteiger charge is 2.43. The number of aliphatic carboxylic acids is 1. The molecule has 0 saturated carbocycles. The number of carboxylic acid groups (broad SMARTS) is 1. The summed E-state index contributed by atoms with van der Waals surface area (Å²) in [6.45, 7) is -0.0629. The van der Waals surface area contributed by atoms with Gasteiger partial charge < -0.3 is 10.0 Å². The lowest BCUT2D eigenvalue weighted by atomic mass is 9.79. The van der Waals surface area contributed by atoms with Crippen LogP contribution in [0.4, 0.5) is 23.2 Å². The molecule has 1 amide bonds. The molecule has 1 aliphatic rings. The number of halogens is 4. The number of carbonyl (C=O) groups excluding carboxylic acids is 1. The summed E-state index contributed by atoms with van der Waals surface area (Å²) in [6.07, 6.45) is -2.63. The zero-order valence-corrected chi connectivity index (χ0v) is 13.9. The molecule has 1 fully saturated rings. The summed E-state index contributed by atoms with van der Waals surface area (Å²) < 4.78 is 53.4. The van der Waals surface area contributed by atoms with Crippen molar-refractivity contribution in [1.29, 1.82) is 0 Å². The second-order valence-electron chi connectivity index (χ2n) is 6.24. The highest BCUT2D eigenvalue weighted by molar-refractivity contribution is 6.07. The molecule has 2 aromatic rings. The molecule has 4 nitrogen and oxygen atoms in total. The molecule has 1 saturated heterocycles. The van der Waals surface area contributed by atoms with Gasteiger partial charge in [-0.15, -0.1) is 0 Å². The van der Waals surface area contributed by atoms with E-state index >= 15 is 0 Å². The fourth-order valence-corrected chi connectivity index (χ4v) is 3.39. The molecule has 142 valence electrons. The number of nitrogens with zero attached hydrogens (tertiary/aromatic N) is 1. The summed E-state index contributed by atoms with van der Waals surface area (Å²) >= 11 is 0. The molecule has 0 bridgehead atoms. The third-order valence-electron chi connectivity index (χ3n) is 4.68. The van der Waals surface area contributed by atoms with E-state index in [2.05, 4.69) is 0 Å². The minimum Gasteiger partial charge on any atom is -0.481 e. The number of rotatable bonds is 4. The van der Waals surface area contributed by atoms with Crippen molar-refractivity contribution in [3.8, 4) is 0 Å². The van der Waals surface area contributed by atoms with Crippen molar-refractivity contribution in [3.05, 3.63) is 65.2 Å². The number of hydrogen-bond donors (Lipinski definition) is 1. The number of carboxylic acids is 1. The topological polar surface area (TPSA) is 57.6 Å². The van der Waals surface area contributed by atoms with Gasteiger partial charge in [-0.3, -0.25) is 9.59 Å². The zero-order chi connectivity index (χ0) is 19.7. The van der Waals surface area contributed by atoms with E-state index < -0.39 is 41.8 Å². The van der Waals surface area contributed by atoms with Gasteiger partial charge in [0.15, 0.2) is 11.6 Å². The minimum atomic E-state index is -2.73. The third kappa shape index (κ3) is 3.51. The van der Waals surface area contributed by atoms with Gasteiger partial charge in [-0.05, 0) is 30.2 Å². The molecule has 1 heterocycles. The van der Waals surface area contributed by atoms with Crippen LogP contribution < -0.4 is 4.90 Å². The van der Waals surface area contributed by atoms with Crippen LogP contribution in [0.25, 0.3) is 0 Å². The number of benzene rings is 2. The van der Waals surface area contributed by atoms with Crippen LogP contribution in [-0.2, 0) is 9.59 Å². The molecule has 8 heteroatoms. The highest BCUT2D eigenvalue weighted by atomic mass is 19.3. The number of amides is 1. The van der Waals surface area contributed by atoms with E-state index in [9.17, 15) is 32.3 Å². The van der Waals surface area contributed by atoms with E-state index in [1.807, 2.05) is 0 Å². The molecule has 27 heavy (non-hydrogen) atoms. The summed E-state index contributed by atoms with van der Waals surface area (Å²) in [5.74, 6) is -7.19. The van der Waals surface area contributed by atoms with E-state index in [1.54, 1.807) is 0 Å². The van der Waals surface area contributed by atoms with Gasteiger partial charge in [0.2, 0.25) is 5.91 Å². The molecule has 2 aromatic carbocycles. The molecule has 0 radical (unpaired) electrons. The first-order chi connectivity index (χ1) is 12.8. The SMILES string of the molecule is O=C(O)C1C(=O)N(c2cccc(F)c2F)CCC1c1cccc(C(F)F)c1. The van der Waals surface area contributed by atoms with Gasteiger partial charge >= 0.3 is 5.97 Å². The first kappa shape index (κ1) is 18.9. The Labute approximate surface area is 152 Å². The van der Waals surface area contributed by atoms with Gasteiger partial charge in [0.1, 0.15) is 5.92 Å². The van der Waals surface area contributed by atoms with Crippen LogP contribution in [0.1, 0.15) is 29.9 Å². The lowest BCUT2D eigenvalue weighted by molar-refractivity contribution is -0.148. The molecule has 0 spiro atoms. The summed E-state index contributed by atoms with van der Waals surface area (Å²) in [4.78, 5) is 25.4. The number of carbonyl (C=O) groups is 2. The first-order valence-corrected chi connectivity index (χ1v) is 8.17. The highest BCUT2D eigenvalue weighted by Crippen LogP contribution is 2.38. The molecule has 0 aromatic heterocycles. The Hall–Kier alpha value is -2.90. The molecule has 0 aliphatic carbocycles. The summed E-state index contributed by atoms with van der Waals surface area (Å²) in [6, 6.07) is 8.54. The Balaban J connectivity index is 1.97. The van der Waals surface area contributed by atoms with Crippen LogP contribution in [0, 0.1) is 17.6 Å². The maximum Gasteiger partial charge on any atom is 0.316 e. The van der Waals surface area contributed by atoms with Crippen LogP contribution >= 0.6 is 0 Å². The van der Waals surface area contributed by atoms with Crippen molar-refractivity contribution in [2.45, 2.75) is 18.8 Å². The minimum absolute atomic E-state index is 0.0629. The molecule has 3 rings (SSSR count). The third-order valence-corrected chi connectivity index (χ3v) is 4.68. The average Bonchev–Trinajstić information content (AvgIpc) is 2.64.